The number of aromatic nitrogens is 2. The van der Waals surface area contributed by atoms with Crippen LogP contribution in [-0.2, 0) is 22.5 Å². The number of nitrogens with zero attached hydrogens (tertiary/aromatic N) is 2. The second kappa shape index (κ2) is 7.63. The van der Waals surface area contributed by atoms with Crippen molar-refractivity contribution < 1.29 is 33.7 Å². The highest BCUT2D eigenvalue weighted by molar-refractivity contribution is 6.00. The summed E-state index contributed by atoms with van der Waals surface area (Å²) in [6.07, 6.45) is 1.56. The van der Waals surface area contributed by atoms with E-state index in [-0.39, 0.29) is 29.8 Å². The summed E-state index contributed by atoms with van der Waals surface area (Å²) < 4.78 is 25.1. The Labute approximate surface area is 180 Å². The van der Waals surface area contributed by atoms with E-state index < -0.39 is 46.8 Å². The molecule has 166 valence electrons. The number of aliphatic carboxylic acids is 1. The van der Waals surface area contributed by atoms with Crippen molar-refractivity contribution in [2.45, 2.75) is 32.4 Å². The average molecular weight is 442 g/mol. The molecule has 32 heavy (non-hydrogen) atoms. The van der Waals surface area contributed by atoms with Gasteiger partial charge >= 0.3 is 11.9 Å². The van der Waals surface area contributed by atoms with Crippen molar-refractivity contribution in [3.63, 3.8) is 0 Å². The van der Waals surface area contributed by atoms with E-state index in [0.29, 0.717) is 11.1 Å². The van der Waals surface area contributed by atoms with Crippen LogP contribution in [0.15, 0.2) is 35.3 Å². The number of esters is 1. The first-order chi connectivity index (χ1) is 15.2. The standard InChI is InChI=1S/C22H19FN2O7/c1-3-31-20(28)14-17(26)15-16-18(32-22(2,21(29)30)10-25(16)19(14)27)12(9-24-15)8-11-4-6-13(23)7-5-11/h4-7,9,26H,3,8,10H2,1-2H3,(H,29,30)/t22-/m1/s1. The Morgan fingerprint density at radius 1 is 1.31 bits per heavy atom. The molecule has 3 aromatic rings. The zero-order valence-electron chi connectivity index (χ0n) is 17.2. The molecule has 4 rings (SSSR count). The maximum Gasteiger partial charge on any atom is 0.349 e. The number of aromatic hydroxyl groups is 1. The van der Waals surface area contributed by atoms with Crippen LogP contribution in [0.1, 0.15) is 35.3 Å². The summed E-state index contributed by atoms with van der Waals surface area (Å²) in [6, 6.07) is 5.68. The molecule has 1 aliphatic heterocycles. The monoisotopic (exact) mass is 442 g/mol. The van der Waals surface area contributed by atoms with Gasteiger partial charge in [-0.2, -0.15) is 0 Å². The van der Waals surface area contributed by atoms with Gasteiger partial charge in [-0.25, -0.2) is 14.0 Å². The lowest BCUT2D eigenvalue weighted by atomic mass is 9.99. The van der Waals surface area contributed by atoms with Gasteiger partial charge in [0, 0.05) is 18.2 Å². The van der Waals surface area contributed by atoms with E-state index in [4.69, 9.17) is 9.47 Å². The lowest BCUT2D eigenvalue weighted by Crippen LogP contribution is -2.50. The molecule has 2 N–H and O–H groups in total. The van der Waals surface area contributed by atoms with E-state index >= 15 is 0 Å². The minimum absolute atomic E-state index is 0.0268. The lowest BCUT2D eigenvalue weighted by Gasteiger charge is -2.34. The van der Waals surface area contributed by atoms with Gasteiger partial charge in [0.1, 0.15) is 16.9 Å². The van der Waals surface area contributed by atoms with E-state index in [9.17, 15) is 29.0 Å². The van der Waals surface area contributed by atoms with E-state index in [0.717, 1.165) is 4.57 Å². The normalized spacial score (nSPS) is 17.1. The lowest BCUT2D eigenvalue weighted by molar-refractivity contribution is -0.155. The molecule has 1 aromatic carbocycles. The summed E-state index contributed by atoms with van der Waals surface area (Å²) in [6.45, 7) is 2.40. The molecule has 1 atom stereocenters. The van der Waals surface area contributed by atoms with Crippen LogP contribution in [0.5, 0.6) is 11.5 Å². The van der Waals surface area contributed by atoms with Crippen LogP contribution < -0.4 is 10.3 Å². The fourth-order valence-corrected chi connectivity index (χ4v) is 3.67. The zero-order valence-corrected chi connectivity index (χ0v) is 17.2. The summed E-state index contributed by atoms with van der Waals surface area (Å²) in [5.74, 6) is -3.40. The molecular formula is C22H19FN2O7. The first-order valence-corrected chi connectivity index (χ1v) is 9.77. The van der Waals surface area contributed by atoms with Crippen LogP contribution >= 0.6 is 0 Å². The maximum atomic E-state index is 13.3. The van der Waals surface area contributed by atoms with Gasteiger partial charge in [0.15, 0.2) is 17.1 Å². The van der Waals surface area contributed by atoms with Gasteiger partial charge in [0.2, 0.25) is 5.60 Å². The zero-order chi connectivity index (χ0) is 23.2. The van der Waals surface area contributed by atoms with Crippen LogP contribution in [0, 0.1) is 5.82 Å². The Balaban J connectivity index is 2.00. The fourth-order valence-electron chi connectivity index (χ4n) is 3.67. The molecule has 0 amide bonds. The minimum Gasteiger partial charge on any atom is -0.505 e. The fraction of sp³-hybridized carbons (Fsp3) is 0.273. The largest absolute Gasteiger partial charge is 0.505 e. The number of halogens is 1. The van der Waals surface area contributed by atoms with Crippen molar-refractivity contribution in [1.29, 1.82) is 0 Å². The number of pyridine rings is 2. The Kier molecular flexibility index (Phi) is 5.08. The van der Waals surface area contributed by atoms with Crippen molar-refractivity contribution >= 4 is 23.0 Å². The van der Waals surface area contributed by atoms with Gasteiger partial charge in [-0.1, -0.05) is 12.1 Å². The first kappa shape index (κ1) is 21.3. The molecule has 3 heterocycles. The number of carboxylic acid groups (broad SMARTS) is 1. The number of carbonyl (C=O) groups excluding carboxylic acids is 1. The van der Waals surface area contributed by atoms with Crippen LogP contribution in [-0.4, -0.2) is 43.9 Å². The molecule has 0 fully saturated rings. The first-order valence-electron chi connectivity index (χ1n) is 9.77. The SMILES string of the molecule is CCOC(=O)c1c(O)c2ncc(Cc3ccc(F)cc3)c3c2n(c1=O)C[C@](C)(C(=O)O)O3. The van der Waals surface area contributed by atoms with Gasteiger partial charge < -0.3 is 19.7 Å². The minimum atomic E-state index is -1.83. The van der Waals surface area contributed by atoms with E-state index in [2.05, 4.69) is 4.98 Å². The number of ether oxygens (including phenoxy) is 2. The predicted molar refractivity (Wildman–Crippen MR) is 109 cm³/mol. The van der Waals surface area contributed by atoms with Gasteiger partial charge in [0.25, 0.3) is 5.56 Å². The highest BCUT2D eigenvalue weighted by Gasteiger charge is 2.43. The topological polar surface area (TPSA) is 128 Å². The molecule has 0 bridgehead atoms. The third kappa shape index (κ3) is 3.33. The van der Waals surface area contributed by atoms with Gasteiger partial charge in [0.05, 0.1) is 13.2 Å². The third-order valence-electron chi connectivity index (χ3n) is 5.30. The molecule has 0 radical (unpaired) electrons. The predicted octanol–water partition coefficient (Wildman–Crippen LogP) is 2.24. The van der Waals surface area contributed by atoms with Crippen LogP contribution in [0.4, 0.5) is 4.39 Å². The molecule has 10 heteroatoms. The summed E-state index contributed by atoms with van der Waals surface area (Å²) in [7, 11) is 0. The number of hydrogen-bond acceptors (Lipinski definition) is 7. The van der Waals surface area contributed by atoms with Crippen molar-refractivity contribution in [1.82, 2.24) is 9.55 Å². The molecular weight excluding hydrogens is 423 g/mol. The Bertz CT molecular complexity index is 1320. The molecule has 0 spiro atoms. The Morgan fingerprint density at radius 3 is 2.62 bits per heavy atom. The van der Waals surface area contributed by atoms with Crippen LogP contribution in [0.3, 0.4) is 0 Å². The highest BCUT2D eigenvalue weighted by Crippen LogP contribution is 2.40. The number of carbonyl (C=O) groups is 2. The Hall–Kier alpha value is -3.95. The van der Waals surface area contributed by atoms with E-state index in [1.807, 2.05) is 0 Å². The van der Waals surface area contributed by atoms with Crippen molar-refractivity contribution in [2.75, 3.05) is 6.61 Å². The molecule has 0 aliphatic carbocycles. The second-order valence-corrected chi connectivity index (χ2v) is 7.59. The average Bonchev–Trinajstić information content (AvgIpc) is 2.74. The molecule has 0 saturated heterocycles. The Morgan fingerprint density at radius 2 is 2.00 bits per heavy atom. The number of carboxylic acids is 1. The van der Waals surface area contributed by atoms with Crippen molar-refractivity contribution in [2.24, 2.45) is 0 Å². The second-order valence-electron chi connectivity index (χ2n) is 7.59. The van der Waals surface area contributed by atoms with E-state index in [1.54, 1.807) is 19.1 Å². The van der Waals surface area contributed by atoms with E-state index in [1.165, 1.54) is 25.3 Å². The number of benzene rings is 1. The summed E-state index contributed by atoms with van der Waals surface area (Å²) in [4.78, 5) is 41.7. The van der Waals surface area contributed by atoms with Gasteiger partial charge in [-0.3, -0.25) is 14.3 Å². The summed E-state index contributed by atoms with van der Waals surface area (Å²) >= 11 is 0. The molecule has 0 saturated carbocycles. The molecule has 1 aliphatic rings. The molecule has 0 unspecified atom stereocenters. The quantitative estimate of drug-likeness (QED) is 0.576. The highest BCUT2D eigenvalue weighted by atomic mass is 19.1. The van der Waals surface area contributed by atoms with Gasteiger partial charge in [-0.05, 0) is 31.5 Å². The van der Waals surface area contributed by atoms with Crippen LogP contribution in [0.2, 0.25) is 0 Å². The van der Waals surface area contributed by atoms with Crippen molar-refractivity contribution in [3.05, 3.63) is 63.3 Å². The third-order valence-corrected chi connectivity index (χ3v) is 5.30. The van der Waals surface area contributed by atoms with Crippen LogP contribution in [0.25, 0.3) is 11.0 Å². The smallest absolute Gasteiger partial charge is 0.349 e. The number of rotatable bonds is 5. The molecule has 2 aromatic heterocycles. The van der Waals surface area contributed by atoms with Gasteiger partial charge in [-0.15, -0.1) is 0 Å². The summed E-state index contributed by atoms with van der Waals surface area (Å²) in [5.41, 5.74) is -2.28. The number of hydrogen-bond donors (Lipinski definition) is 2. The summed E-state index contributed by atoms with van der Waals surface area (Å²) in [5, 5.41) is 20.4. The van der Waals surface area contributed by atoms with Crippen molar-refractivity contribution in [3.8, 4) is 11.5 Å². The maximum absolute atomic E-state index is 13.3. The molecule has 9 nitrogen and oxygen atoms in total.